The van der Waals surface area contributed by atoms with Crippen LogP contribution in [-0.2, 0) is 14.4 Å². The van der Waals surface area contributed by atoms with Crippen LogP contribution in [0.4, 0.5) is 11.4 Å². The van der Waals surface area contributed by atoms with Gasteiger partial charge in [-0.15, -0.1) is 0 Å². The van der Waals surface area contributed by atoms with Crippen LogP contribution in [0.5, 0.6) is 5.75 Å². The molecule has 2 fully saturated rings. The van der Waals surface area contributed by atoms with Gasteiger partial charge in [-0.05, 0) is 35.7 Å². The Hall–Kier alpha value is -3.59. The summed E-state index contributed by atoms with van der Waals surface area (Å²) in [6.45, 7) is 8.23. The van der Waals surface area contributed by atoms with Gasteiger partial charge < -0.3 is 25.2 Å². The number of carbonyl (C=O) groups excluding carboxylic acids is 3. The molecule has 2 N–H and O–H groups in total. The first-order valence-corrected chi connectivity index (χ1v) is 12.9. The molecule has 0 saturated carbocycles. The lowest BCUT2D eigenvalue weighted by Crippen LogP contribution is -2.60. The molecule has 0 spiro atoms. The van der Waals surface area contributed by atoms with Gasteiger partial charge in [-0.1, -0.05) is 38.1 Å². The lowest BCUT2D eigenvalue weighted by Gasteiger charge is -2.39. The molecular weight excluding hydrogens is 470 g/mol. The summed E-state index contributed by atoms with van der Waals surface area (Å²) in [7, 11) is 1.67. The van der Waals surface area contributed by atoms with Crippen LogP contribution in [0.2, 0.25) is 0 Å². The molecule has 2 saturated heterocycles. The van der Waals surface area contributed by atoms with E-state index in [2.05, 4.69) is 34.3 Å². The van der Waals surface area contributed by atoms with Crippen molar-refractivity contribution in [2.45, 2.75) is 32.2 Å². The highest BCUT2D eigenvalue weighted by atomic mass is 16.5. The van der Waals surface area contributed by atoms with Gasteiger partial charge in [0.05, 0.1) is 25.8 Å². The van der Waals surface area contributed by atoms with E-state index in [9.17, 15) is 14.4 Å². The predicted molar refractivity (Wildman–Crippen MR) is 144 cm³/mol. The van der Waals surface area contributed by atoms with Crippen LogP contribution in [0.25, 0.3) is 0 Å². The van der Waals surface area contributed by atoms with Crippen LogP contribution in [0.15, 0.2) is 48.5 Å². The fourth-order valence-corrected chi connectivity index (χ4v) is 4.88. The van der Waals surface area contributed by atoms with Gasteiger partial charge in [0.15, 0.2) is 0 Å². The molecule has 2 aromatic rings. The number of hydrogen-bond acceptors (Lipinski definition) is 6. The van der Waals surface area contributed by atoms with Crippen molar-refractivity contribution in [3.63, 3.8) is 0 Å². The van der Waals surface area contributed by atoms with Gasteiger partial charge in [0.1, 0.15) is 11.8 Å². The first-order valence-electron chi connectivity index (χ1n) is 12.9. The molecule has 0 bridgehead atoms. The molecule has 4 rings (SSSR count). The van der Waals surface area contributed by atoms with E-state index in [0.29, 0.717) is 24.7 Å². The maximum atomic E-state index is 13.3. The summed E-state index contributed by atoms with van der Waals surface area (Å²) in [6, 6.07) is 14.8. The molecule has 1 atom stereocenters. The Labute approximate surface area is 218 Å². The molecule has 2 aliphatic heterocycles. The van der Waals surface area contributed by atoms with E-state index in [1.807, 2.05) is 48.5 Å². The third-order valence-electron chi connectivity index (χ3n) is 7.05. The van der Waals surface area contributed by atoms with Crippen molar-refractivity contribution in [2.24, 2.45) is 0 Å². The number of anilines is 2. The van der Waals surface area contributed by atoms with Crippen molar-refractivity contribution in [3.05, 3.63) is 54.1 Å². The van der Waals surface area contributed by atoms with E-state index >= 15 is 0 Å². The highest BCUT2D eigenvalue weighted by Crippen LogP contribution is 2.28. The predicted octanol–water partition coefficient (Wildman–Crippen LogP) is 2.30. The molecule has 0 radical (unpaired) electrons. The Morgan fingerprint density at radius 2 is 1.73 bits per heavy atom. The molecule has 9 heteroatoms. The Bertz CT molecular complexity index is 1100. The minimum atomic E-state index is -0.814. The smallest absolute Gasteiger partial charge is 0.243 e. The fourth-order valence-electron chi connectivity index (χ4n) is 4.88. The number of rotatable bonds is 8. The molecule has 2 aromatic carbocycles. The van der Waals surface area contributed by atoms with Gasteiger partial charge >= 0.3 is 0 Å². The molecule has 0 unspecified atom stereocenters. The van der Waals surface area contributed by atoms with E-state index in [4.69, 9.17) is 4.74 Å². The second-order valence-corrected chi connectivity index (χ2v) is 9.86. The van der Waals surface area contributed by atoms with E-state index in [1.165, 1.54) is 5.56 Å². The zero-order chi connectivity index (χ0) is 26.4. The summed E-state index contributed by atoms with van der Waals surface area (Å²) >= 11 is 0. The van der Waals surface area contributed by atoms with Crippen LogP contribution < -0.4 is 20.3 Å². The summed E-state index contributed by atoms with van der Waals surface area (Å²) in [5.41, 5.74) is 2.91. The normalized spacial score (nSPS) is 18.5. The summed E-state index contributed by atoms with van der Waals surface area (Å²) in [4.78, 5) is 44.6. The molecule has 37 heavy (non-hydrogen) atoms. The quantitative estimate of drug-likeness (QED) is 0.570. The summed E-state index contributed by atoms with van der Waals surface area (Å²) in [6.07, 6.45) is -0.0783. The molecule has 2 heterocycles. The number of hydrogen-bond donors (Lipinski definition) is 2. The van der Waals surface area contributed by atoms with E-state index in [-0.39, 0.29) is 30.7 Å². The number of piperazine rings is 2. The Balaban J connectivity index is 1.32. The van der Waals surface area contributed by atoms with Gasteiger partial charge in [0.25, 0.3) is 0 Å². The monoisotopic (exact) mass is 507 g/mol. The Morgan fingerprint density at radius 3 is 2.41 bits per heavy atom. The van der Waals surface area contributed by atoms with Crippen molar-refractivity contribution in [1.82, 2.24) is 15.1 Å². The number of nitrogens with zero attached hydrogens (tertiary/aromatic N) is 3. The average molecular weight is 508 g/mol. The number of benzene rings is 2. The molecule has 9 nitrogen and oxygen atoms in total. The molecule has 0 aromatic heterocycles. The first kappa shape index (κ1) is 26.5. The van der Waals surface area contributed by atoms with Crippen molar-refractivity contribution >= 4 is 29.1 Å². The Kier molecular flexibility index (Phi) is 8.66. The summed E-state index contributed by atoms with van der Waals surface area (Å²) < 4.78 is 5.49. The van der Waals surface area contributed by atoms with Gasteiger partial charge in [0.2, 0.25) is 17.7 Å². The zero-order valence-corrected chi connectivity index (χ0v) is 21.9. The minimum absolute atomic E-state index is 0.0783. The fraction of sp³-hybridized carbons (Fsp3) is 0.464. The maximum Gasteiger partial charge on any atom is 0.243 e. The van der Waals surface area contributed by atoms with Crippen molar-refractivity contribution < 1.29 is 19.1 Å². The lowest BCUT2D eigenvalue weighted by molar-refractivity contribution is -0.145. The van der Waals surface area contributed by atoms with Crippen molar-refractivity contribution in [2.75, 3.05) is 63.1 Å². The third kappa shape index (κ3) is 6.60. The number of methoxy groups -OCH3 is 1. The maximum absolute atomic E-state index is 13.3. The second-order valence-electron chi connectivity index (χ2n) is 9.86. The number of para-hydroxylation sites is 2. The largest absolute Gasteiger partial charge is 0.495 e. The number of nitrogens with one attached hydrogen (secondary N) is 2. The van der Waals surface area contributed by atoms with Crippen LogP contribution >= 0.6 is 0 Å². The van der Waals surface area contributed by atoms with Crippen LogP contribution in [-0.4, -0.2) is 86.5 Å². The van der Waals surface area contributed by atoms with E-state index in [0.717, 1.165) is 37.6 Å². The number of carbonyl (C=O) groups is 3. The standard InChI is InChI=1S/C28H37N5O4/c1-20(2)21-8-10-22(11-9-21)30-26(34)18-24-28(36)29-12-13-33(24)27(35)19-31-14-16-32(17-15-31)23-6-4-5-7-25(23)37-3/h4-11,20,24H,12-19H2,1-3H3,(H,29,36)(H,30,34)/t24-/m1/s1. The Morgan fingerprint density at radius 1 is 1.03 bits per heavy atom. The van der Waals surface area contributed by atoms with Gasteiger partial charge in [0, 0.05) is 45.0 Å². The zero-order valence-electron chi connectivity index (χ0n) is 21.9. The highest BCUT2D eigenvalue weighted by Gasteiger charge is 2.35. The minimum Gasteiger partial charge on any atom is -0.495 e. The highest BCUT2D eigenvalue weighted by molar-refractivity contribution is 5.97. The van der Waals surface area contributed by atoms with E-state index < -0.39 is 6.04 Å². The molecule has 198 valence electrons. The second kappa shape index (κ2) is 12.1. The molecule has 0 aliphatic carbocycles. The SMILES string of the molecule is COc1ccccc1N1CCN(CC(=O)N2CCNC(=O)[C@H]2CC(=O)Nc2ccc(C(C)C)cc2)CC1. The first-order chi connectivity index (χ1) is 17.9. The third-order valence-corrected chi connectivity index (χ3v) is 7.05. The molecular formula is C28H37N5O4. The van der Waals surface area contributed by atoms with E-state index in [1.54, 1.807) is 12.0 Å². The van der Waals surface area contributed by atoms with Crippen molar-refractivity contribution in [1.29, 1.82) is 0 Å². The topological polar surface area (TPSA) is 94.2 Å². The van der Waals surface area contributed by atoms with Gasteiger partial charge in [-0.2, -0.15) is 0 Å². The van der Waals surface area contributed by atoms with Gasteiger partial charge in [-0.25, -0.2) is 0 Å². The van der Waals surface area contributed by atoms with Crippen LogP contribution in [0.1, 0.15) is 31.7 Å². The lowest BCUT2D eigenvalue weighted by atomic mass is 10.0. The van der Waals surface area contributed by atoms with Gasteiger partial charge in [-0.3, -0.25) is 19.3 Å². The molecule has 3 amide bonds. The molecule has 2 aliphatic rings. The number of ether oxygens (including phenoxy) is 1. The summed E-state index contributed by atoms with van der Waals surface area (Å²) in [5, 5.41) is 5.66. The number of amides is 3. The average Bonchev–Trinajstić information content (AvgIpc) is 2.90. The van der Waals surface area contributed by atoms with Crippen LogP contribution in [0, 0.1) is 0 Å². The van der Waals surface area contributed by atoms with Crippen LogP contribution in [0.3, 0.4) is 0 Å². The van der Waals surface area contributed by atoms with Crippen molar-refractivity contribution in [3.8, 4) is 5.75 Å². The summed E-state index contributed by atoms with van der Waals surface area (Å²) in [5.74, 6) is 0.538.